The van der Waals surface area contributed by atoms with E-state index in [9.17, 15) is 13.6 Å². The molecule has 0 spiro atoms. The van der Waals surface area contributed by atoms with Crippen molar-refractivity contribution in [3.8, 4) is 0 Å². The topological polar surface area (TPSA) is 40.5 Å². The van der Waals surface area contributed by atoms with Gasteiger partial charge >= 0.3 is 0 Å². The van der Waals surface area contributed by atoms with Crippen molar-refractivity contribution in [2.75, 3.05) is 19.7 Å². The third-order valence-corrected chi connectivity index (χ3v) is 4.21. The molecule has 0 bridgehead atoms. The Balaban J connectivity index is 2.35. The number of carbonyl (C=O) groups is 1. The molecule has 1 heterocycles. The molecule has 0 aliphatic rings. The van der Waals surface area contributed by atoms with Crippen LogP contribution in [0.3, 0.4) is 0 Å². The molecule has 0 radical (unpaired) electrons. The number of aryl methyl sites for hydroxylation is 1. The van der Waals surface area contributed by atoms with Crippen LogP contribution in [-0.2, 0) is 11.2 Å². The van der Waals surface area contributed by atoms with Crippen molar-refractivity contribution >= 4 is 33.2 Å². The summed E-state index contributed by atoms with van der Waals surface area (Å²) < 4.78 is 25.6. The van der Waals surface area contributed by atoms with Crippen LogP contribution < -0.4 is 0 Å². The Morgan fingerprint density at radius 2 is 2.21 bits per heavy atom. The normalized spacial score (nSPS) is 11.0. The third kappa shape index (κ3) is 6.44. The zero-order chi connectivity index (χ0) is 14.3. The minimum atomic E-state index is -2.57. The number of aliphatic hydroxyl groups excluding tert-OH is 1. The molecule has 0 aliphatic carbocycles. The monoisotopic (exact) mass is 355 g/mol. The maximum atomic E-state index is 12.3. The lowest BCUT2D eigenvalue weighted by Crippen LogP contribution is -2.37. The van der Waals surface area contributed by atoms with Gasteiger partial charge in [0.2, 0.25) is 5.91 Å². The van der Waals surface area contributed by atoms with Crippen molar-refractivity contribution in [2.24, 2.45) is 0 Å². The summed E-state index contributed by atoms with van der Waals surface area (Å²) in [5.41, 5.74) is 0. The summed E-state index contributed by atoms with van der Waals surface area (Å²) in [5, 5.41) is 8.76. The molecule has 0 saturated carbocycles. The van der Waals surface area contributed by atoms with Crippen LogP contribution >= 0.6 is 27.3 Å². The smallest absolute Gasteiger partial charge is 0.255 e. The highest BCUT2D eigenvalue weighted by atomic mass is 79.9. The molecule has 108 valence electrons. The van der Waals surface area contributed by atoms with E-state index in [1.165, 1.54) is 0 Å². The van der Waals surface area contributed by atoms with E-state index in [1.54, 1.807) is 11.3 Å². The fraction of sp³-hybridized carbons (Fsp3) is 0.583. The van der Waals surface area contributed by atoms with Crippen LogP contribution in [0, 0.1) is 0 Å². The van der Waals surface area contributed by atoms with Crippen LogP contribution in [0.4, 0.5) is 8.78 Å². The third-order valence-electron chi connectivity index (χ3n) is 2.52. The van der Waals surface area contributed by atoms with Gasteiger partial charge in [0.25, 0.3) is 6.43 Å². The highest BCUT2D eigenvalue weighted by molar-refractivity contribution is 9.11. The van der Waals surface area contributed by atoms with Gasteiger partial charge in [0.05, 0.1) is 16.9 Å². The lowest BCUT2D eigenvalue weighted by atomic mass is 10.2. The average molecular weight is 356 g/mol. The van der Waals surface area contributed by atoms with Crippen molar-refractivity contribution in [2.45, 2.75) is 25.7 Å². The molecule has 0 aromatic carbocycles. The summed E-state index contributed by atoms with van der Waals surface area (Å²) in [6, 6.07) is 3.92. The largest absolute Gasteiger partial charge is 0.395 e. The van der Waals surface area contributed by atoms with Gasteiger partial charge in [0.1, 0.15) is 0 Å². The lowest BCUT2D eigenvalue weighted by molar-refractivity contribution is -0.133. The van der Waals surface area contributed by atoms with Crippen LogP contribution in [0.25, 0.3) is 0 Å². The predicted octanol–water partition coefficient (Wildman–Crippen LogP) is 2.92. The number of rotatable bonds is 8. The molecule has 1 aromatic rings. The van der Waals surface area contributed by atoms with E-state index in [4.69, 9.17) is 5.11 Å². The van der Waals surface area contributed by atoms with Gasteiger partial charge in [-0.25, -0.2) is 8.78 Å². The minimum Gasteiger partial charge on any atom is -0.395 e. The van der Waals surface area contributed by atoms with Crippen molar-refractivity contribution in [3.05, 3.63) is 20.8 Å². The van der Waals surface area contributed by atoms with E-state index in [0.717, 1.165) is 20.0 Å². The summed E-state index contributed by atoms with van der Waals surface area (Å²) in [4.78, 5) is 13.9. The van der Waals surface area contributed by atoms with Gasteiger partial charge < -0.3 is 10.0 Å². The number of thiophene rings is 1. The molecule has 0 saturated heterocycles. The van der Waals surface area contributed by atoms with Gasteiger partial charge in [-0.1, -0.05) is 0 Å². The molecule has 0 atom stereocenters. The van der Waals surface area contributed by atoms with Gasteiger partial charge in [-0.15, -0.1) is 11.3 Å². The van der Waals surface area contributed by atoms with Crippen molar-refractivity contribution in [3.63, 3.8) is 0 Å². The van der Waals surface area contributed by atoms with Gasteiger partial charge in [-0.05, 0) is 40.9 Å². The number of alkyl halides is 2. The van der Waals surface area contributed by atoms with E-state index in [0.29, 0.717) is 6.42 Å². The number of carbonyl (C=O) groups excluding carboxylic acids is 1. The molecule has 1 amide bonds. The molecule has 0 unspecified atom stereocenters. The first kappa shape index (κ1) is 16.5. The average Bonchev–Trinajstić information content (AvgIpc) is 2.74. The molecule has 1 rings (SSSR count). The van der Waals surface area contributed by atoms with Crippen LogP contribution in [-0.4, -0.2) is 42.0 Å². The second-order valence-corrected chi connectivity index (χ2v) is 6.56. The fourth-order valence-corrected chi connectivity index (χ4v) is 3.19. The molecule has 19 heavy (non-hydrogen) atoms. The van der Waals surface area contributed by atoms with Crippen molar-refractivity contribution < 1.29 is 18.7 Å². The van der Waals surface area contributed by atoms with Crippen LogP contribution in [0.1, 0.15) is 17.7 Å². The van der Waals surface area contributed by atoms with E-state index >= 15 is 0 Å². The highest BCUT2D eigenvalue weighted by Crippen LogP contribution is 2.23. The Labute approximate surface area is 123 Å². The maximum absolute atomic E-state index is 12.3. The Kier molecular flexibility index (Phi) is 7.48. The van der Waals surface area contributed by atoms with E-state index in [2.05, 4.69) is 15.9 Å². The maximum Gasteiger partial charge on any atom is 0.255 e. The van der Waals surface area contributed by atoms with E-state index < -0.39 is 13.0 Å². The van der Waals surface area contributed by atoms with E-state index in [-0.39, 0.29) is 25.5 Å². The van der Waals surface area contributed by atoms with Gasteiger partial charge in [-0.2, -0.15) is 0 Å². The number of halogens is 3. The van der Waals surface area contributed by atoms with Gasteiger partial charge in [-0.3, -0.25) is 4.79 Å². The first-order valence-corrected chi connectivity index (χ1v) is 7.55. The Bertz CT molecular complexity index is 401. The standard InChI is InChI=1S/C12H16BrF2NO2S/c13-10-5-4-9(19-10)2-1-3-12(18)16(6-7-17)8-11(14)15/h4-5,11,17H,1-3,6-8H2. The molecule has 0 aliphatic heterocycles. The number of nitrogens with zero attached hydrogens (tertiary/aromatic N) is 1. The Morgan fingerprint density at radius 1 is 1.47 bits per heavy atom. The van der Waals surface area contributed by atoms with Crippen LogP contribution in [0.5, 0.6) is 0 Å². The molecule has 3 nitrogen and oxygen atoms in total. The van der Waals surface area contributed by atoms with Crippen molar-refractivity contribution in [1.82, 2.24) is 4.90 Å². The minimum absolute atomic E-state index is 0.0340. The molecule has 1 N–H and O–H groups in total. The van der Waals surface area contributed by atoms with Crippen molar-refractivity contribution in [1.29, 1.82) is 0 Å². The quantitative estimate of drug-likeness (QED) is 0.778. The van der Waals surface area contributed by atoms with E-state index in [1.807, 2.05) is 12.1 Å². The molecule has 0 fully saturated rings. The first-order valence-electron chi connectivity index (χ1n) is 5.94. The zero-order valence-electron chi connectivity index (χ0n) is 10.3. The van der Waals surface area contributed by atoms with Crippen LogP contribution in [0.15, 0.2) is 15.9 Å². The summed E-state index contributed by atoms with van der Waals surface area (Å²) in [6.07, 6.45) is -0.966. The molecular weight excluding hydrogens is 340 g/mol. The summed E-state index contributed by atoms with van der Waals surface area (Å²) in [5.74, 6) is -0.329. The Hall–Kier alpha value is -0.530. The Morgan fingerprint density at radius 3 is 2.74 bits per heavy atom. The second-order valence-electron chi connectivity index (χ2n) is 4.01. The summed E-state index contributed by atoms with van der Waals surface area (Å²) in [7, 11) is 0. The second kappa shape index (κ2) is 8.60. The zero-order valence-corrected chi connectivity index (χ0v) is 12.7. The molecule has 1 aromatic heterocycles. The number of amides is 1. The molecule has 7 heteroatoms. The SMILES string of the molecule is O=C(CCCc1ccc(Br)s1)N(CCO)CC(F)F. The molecular formula is C12H16BrF2NO2S. The summed E-state index contributed by atoms with van der Waals surface area (Å²) in [6.45, 7) is -0.937. The fourth-order valence-electron chi connectivity index (χ4n) is 1.66. The summed E-state index contributed by atoms with van der Waals surface area (Å²) >= 11 is 4.96. The van der Waals surface area contributed by atoms with Gasteiger partial charge in [0.15, 0.2) is 0 Å². The van der Waals surface area contributed by atoms with Gasteiger partial charge in [0, 0.05) is 17.8 Å². The first-order chi connectivity index (χ1) is 9.02. The number of hydrogen-bond donors (Lipinski definition) is 1. The lowest BCUT2D eigenvalue weighted by Gasteiger charge is -2.21. The predicted molar refractivity (Wildman–Crippen MR) is 74.6 cm³/mol. The van der Waals surface area contributed by atoms with Crippen LogP contribution in [0.2, 0.25) is 0 Å². The number of aliphatic hydroxyl groups is 1. The highest BCUT2D eigenvalue weighted by Gasteiger charge is 2.17. The number of hydrogen-bond acceptors (Lipinski definition) is 3.